The second-order valence-corrected chi connectivity index (χ2v) is 4.43. The minimum absolute atomic E-state index is 0.0816. The third-order valence-corrected chi connectivity index (χ3v) is 3.48. The Bertz CT molecular complexity index is 321. The molecule has 14 heavy (non-hydrogen) atoms. The number of hydrogen-bond donors (Lipinski definition) is 1. The first kappa shape index (κ1) is 9.99. The average molecular weight is 211 g/mol. The first-order chi connectivity index (χ1) is 6.81. The zero-order chi connectivity index (χ0) is 9.97. The van der Waals surface area contributed by atoms with Gasteiger partial charge >= 0.3 is 0 Å². The van der Waals surface area contributed by atoms with E-state index in [-0.39, 0.29) is 5.82 Å². The zero-order valence-corrected chi connectivity index (χ0v) is 9.03. The fourth-order valence-corrected chi connectivity index (χ4v) is 2.33. The Morgan fingerprint density at radius 3 is 2.93 bits per heavy atom. The van der Waals surface area contributed by atoms with Gasteiger partial charge in [-0.05, 0) is 42.8 Å². The van der Waals surface area contributed by atoms with Crippen LogP contribution in [0.25, 0.3) is 0 Å². The Kier molecular flexibility index (Phi) is 3.08. The van der Waals surface area contributed by atoms with Crippen LogP contribution in [0.4, 0.5) is 4.39 Å². The third-order valence-electron chi connectivity index (χ3n) is 2.71. The maximum Gasteiger partial charge on any atom is 0.137 e. The first-order valence-electron chi connectivity index (χ1n) is 4.85. The normalized spacial score (nSPS) is 21.4. The summed E-state index contributed by atoms with van der Waals surface area (Å²) in [5.41, 5.74) is 1.13. The Hall–Kier alpha value is -0.540. The number of thioether (sulfide) groups is 1. The van der Waals surface area contributed by atoms with Gasteiger partial charge in [0, 0.05) is 11.4 Å². The van der Waals surface area contributed by atoms with Crippen LogP contribution in [0, 0.1) is 5.82 Å². The van der Waals surface area contributed by atoms with E-state index in [9.17, 15) is 4.39 Å². The van der Waals surface area contributed by atoms with Crippen molar-refractivity contribution >= 4 is 11.8 Å². The number of benzene rings is 1. The van der Waals surface area contributed by atoms with Crippen LogP contribution in [0.2, 0.25) is 0 Å². The van der Waals surface area contributed by atoms with Gasteiger partial charge in [-0.1, -0.05) is 6.07 Å². The molecular weight excluding hydrogens is 197 g/mol. The summed E-state index contributed by atoms with van der Waals surface area (Å²) in [7, 11) is 0. The van der Waals surface area contributed by atoms with Gasteiger partial charge in [0.15, 0.2) is 0 Å². The van der Waals surface area contributed by atoms with Crippen molar-refractivity contribution in [1.82, 2.24) is 5.32 Å². The molecule has 0 bridgehead atoms. The molecule has 0 aromatic heterocycles. The maximum absolute atomic E-state index is 13.5. The van der Waals surface area contributed by atoms with Crippen molar-refractivity contribution in [1.29, 1.82) is 0 Å². The highest BCUT2D eigenvalue weighted by atomic mass is 32.2. The molecular formula is C11H14FNS. The van der Waals surface area contributed by atoms with Gasteiger partial charge in [-0.3, -0.25) is 0 Å². The van der Waals surface area contributed by atoms with Crippen LogP contribution in [0.1, 0.15) is 17.9 Å². The minimum atomic E-state index is -0.0816. The van der Waals surface area contributed by atoms with E-state index in [0.717, 1.165) is 30.0 Å². The topological polar surface area (TPSA) is 12.0 Å². The monoisotopic (exact) mass is 211 g/mol. The Morgan fingerprint density at radius 1 is 1.50 bits per heavy atom. The van der Waals surface area contributed by atoms with Crippen LogP contribution >= 0.6 is 11.8 Å². The number of rotatable bonds is 2. The van der Waals surface area contributed by atoms with Gasteiger partial charge in [-0.15, -0.1) is 11.8 Å². The molecule has 1 N–H and O–H groups in total. The molecule has 1 aliphatic heterocycles. The van der Waals surface area contributed by atoms with Crippen LogP contribution in [0.3, 0.4) is 0 Å². The van der Waals surface area contributed by atoms with E-state index in [1.807, 2.05) is 18.4 Å². The molecule has 1 unspecified atom stereocenters. The van der Waals surface area contributed by atoms with E-state index >= 15 is 0 Å². The van der Waals surface area contributed by atoms with Crippen molar-refractivity contribution in [2.75, 3.05) is 19.3 Å². The van der Waals surface area contributed by atoms with Crippen molar-refractivity contribution in [3.05, 3.63) is 29.6 Å². The predicted octanol–water partition coefficient (Wildman–Crippen LogP) is 2.62. The van der Waals surface area contributed by atoms with Crippen LogP contribution in [0.15, 0.2) is 23.1 Å². The largest absolute Gasteiger partial charge is 0.316 e. The molecule has 0 spiro atoms. The maximum atomic E-state index is 13.5. The Morgan fingerprint density at radius 2 is 2.36 bits per heavy atom. The molecule has 2 rings (SSSR count). The molecule has 3 heteroatoms. The van der Waals surface area contributed by atoms with E-state index in [2.05, 4.69) is 5.32 Å². The van der Waals surface area contributed by atoms with Gasteiger partial charge in [-0.25, -0.2) is 4.39 Å². The summed E-state index contributed by atoms with van der Waals surface area (Å²) in [6, 6.07) is 5.61. The third kappa shape index (κ3) is 1.93. The van der Waals surface area contributed by atoms with E-state index in [0.29, 0.717) is 5.92 Å². The van der Waals surface area contributed by atoms with Gasteiger partial charge in [0.2, 0.25) is 0 Å². The molecule has 0 amide bonds. The smallest absolute Gasteiger partial charge is 0.137 e. The minimum Gasteiger partial charge on any atom is -0.316 e. The van der Waals surface area contributed by atoms with Crippen LogP contribution in [0.5, 0.6) is 0 Å². The average Bonchev–Trinajstić information content (AvgIpc) is 2.70. The highest BCUT2D eigenvalue weighted by molar-refractivity contribution is 7.98. The van der Waals surface area contributed by atoms with Gasteiger partial charge in [0.25, 0.3) is 0 Å². The van der Waals surface area contributed by atoms with Crippen molar-refractivity contribution in [3.8, 4) is 0 Å². The predicted molar refractivity (Wildman–Crippen MR) is 58.4 cm³/mol. The standard InChI is InChI=1S/C11H14FNS/c1-14-11-3-2-8(6-10(11)12)9-4-5-13-7-9/h2-3,6,9,13H,4-5,7H2,1H3. The molecule has 1 heterocycles. The lowest BCUT2D eigenvalue weighted by atomic mass is 9.98. The van der Waals surface area contributed by atoms with Gasteiger partial charge in [-0.2, -0.15) is 0 Å². The lowest BCUT2D eigenvalue weighted by Gasteiger charge is -2.09. The molecule has 76 valence electrons. The summed E-state index contributed by atoms with van der Waals surface area (Å²) in [5, 5.41) is 3.29. The molecule has 1 atom stereocenters. The molecule has 0 radical (unpaired) electrons. The fourth-order valence-electron chi connectivity index (χ4n) is 1.88. The molecule has 0 saturated carbocycles. The zero-order valence-electron chi connectivity index (χ0n) is 8.22. The second kappa shape index (κ2) is 4.32. The van der Waals surface area contributed by atoms with Crippen LogP contribution in [-0.4, -0.2) is 19.3 Å². The van der Waals surface area contributed by atoms with Crippen molar-refractivity contribution in [2.24, 2.45) is 0 Å². The summed E-state index contributed by atoms with van der Waals surface area (Å²) >= 11 is 1.46. The summed E-state index contributed by atoms with van der Waals surface area (Å²) < 4.78 is 13.5. The summed E-state index contributed by atoms with van der Waals surface area (Å²) in [6.07, 6.45) is 3.02. The Balaban J connectivity index is 2.23. The fraction of sp³-hybridized carbons (Fsp3) is 0.455. The second-order valence-electron chi connectivity index (χ2n) is 3.58. The van der Waals surface area contributed by atoms with Crippen molar-refractivity contribution in [3.63, 3.8) is 0 Å². The van der Waals surface area contributed by atoms with Crippen LogP contribution in [-0.2, 0) is 0 Å². The first-order valence-corrected chi connectivity index (χ1v) is 6.08. The lowest BCUT2D eigenvalue weighted by molar-refractivity contribution is 0.596. The van der Waals surface area contributed by atoms with Crippen LogP contribution < -0.4 is 5.32 Å². The van der Waals surface area contributed by atoms with Gasteiger partial charge in [0.05, 0.1) is 0 Å². The van der Waals surface area contributed by atoms with Crippen molar-refractivity contribution in [2.45, 2.75) is 17.2 Å². The quantitative estimate of drug-likeness (QED) is 0.755. The number of nitrogens with one attached hydrogen (secondary N) is 1. The van der Waals surface area contributed by atoms with Gasteiger partial charge < -0.3 is 5.32 Å². The molecule has 1 aromatic carbocycles. The highest BCUT2D eigenvalue weighted by Crippen LogP contribution is 2.26. The number of halogens is 1. The summed E-state index contributed by atoms with van der Waals surface area (Å²) in [5.74, 6) is 0.419. The van der Waals surface area contributed by atoms with E-state index in [1.165, 1.54) is 11.8 Å². The van der Waals surface area contributed by atoms with Gasteiger partial charge in [0.1, 0.15) is 5.82 Å². The molecule has 0 aliphatic carbocycles. The number of hydrogen-bond acceptors (Lipinski definition) is 2. The molecule has 1 aromatic rings. The molecule has 1 aliphatic rings. The molecule has 1 fully saturated rings. The summed E-state index contributed by atoms with van der Waals surface area (Å²) in [6.45, 7) is 2.04. The summed E-state index contributed by atoms with van der Waals surface area (Å²) in [4.78, 5) is 0.736. The van der Waals surface area contributed by atoms with E-state index in [1.54, 1.807) is 6.07 Å². The molecule has 1 nitrogen and oxygen atoms in total. The van der Waals surface area contributed by atoms with E-state index in [4.69, 9.17) is 0 Å². The molecule has 1 saturated heterocycles. The Labute approximate surface area is 88.1 Å². The van der Waals surface area contributed by atoms with E-state index < -0.39 is 0 Å². The lowest BCUT2D eigenvalue weighted by Crippen LogP contribution is -2.08. The highest BCUT2D eigenvalue weighted by Gasteiger charge is 2.17. The SMILES string of the molecule is CSc1ccc(C2CCNC2)cc1F. The van der Waals surface area contributed by atoms with Crippen molar-refractivity contribution < 1.29 is 4.39 Å².